The Morgan fingerprint density at radius 3 is 2.82 bits per heavy atom. The molecule has 1 heterocycles. The van der Waals surface area contributed by atoms with Crippen LogP contribution in [0.4, 0.5) is 0 Å². The highest BCUT2D eigenvalue weighted by atomic mass is 127. The fourth-order valence-corrected chi connectivity index (χ4v) is 2.15. The molecule has 6 heteroatoms. The average molecular weight is 407 g/mol. The van der Waals surface area contributed by atoms with Crippen molar-refractivity contribution in [2.24, 2.45) is 0 Å². The number of halogens is 2. The van der Waals surface area contributed by atoms with Gasteiger partial charge in [-0.1, -0.05) is 0 Å². The highest BCUT2D eigenvalue weighted by Gasteiger charge is 2.06. The van der Waals surface area contributed by atoms with Crippen molar-refractivity contribution in [2.45, 2.75) is 0 Å². The Bertz CT molecular complexity index is 613. The zero-order valence-electron chi connectivity index (χ0n) is 8.83. The van der Waals surface area contributed by atoms with Crippen LogP contribution in [0.2, 0.25) is 0 Å². The second kappa shape index (κ2) is 5.18. The van der Waals surface area contributed by atoms with Gasteiger partial charge in [0.25, 0.3) is 5.56 Å². The van der Waals surface area contributed by atoms with E-state index in [9.17, 15) is 4.79 Å². The maximum atomic E-state index is 11.5. The molecule has 0 saturated carbocycles. The lowest BCUT2D eigenvalue weighted by Crippen LogP contribution is -2.11. The highest BCUT2D eigenvalue weighted by Crippen LogP contribution is 2.28. The number of aromatic nitrogens is 2. The first-order valence-electron chi connectivity index (χ1n) is 4.70. The second-order valence-electron chi connectivity index (χ2n) is 3.26. The van der Waals surface area contributed by atoms with Gasteiger partial charge in [0.15, 0.2) is 0 Å². The number of nitrogens with zero attached hydrogens (tertiary/aromatic N) is 1. The molecule has 1 aromatic heterocycles. The molecule has 0 amide bonds. The fourth-order valence-electron chi connectivity index (χ4n) is 1.34. The highest BCUT2D eigenvalue weighted by molar-refractivity contribution is 14.1. The molecular formula is C11H8BrIN2O2. The van der Waals surface area contributed by atoms with Crippen molar-refractivity contribution in [2.75, 3.05) is 7.11 Å². The van der Waals surface area contributed by atoms with Gasteiger partial charge in [-0.25, -0.2) is 4.98 Å². The lowest BCUT2D eigenvalue weighted by molar-refractivity contribution is 0.412. The fraction of sp³-hybridized carbons (Fsp3) is 0.0909. The average Bonchev–Trinajstić information content (AvgIpc) is 2.32. The van der Waals surface area contributed by atoms with E-state index in [-0.39, 0.29) is 5.56 Å². The van der Waals surface area contributed by atoms with Crippen LogP contribution in [-0.4, -0.2) is 17.1 Å². The van der Waals surface area contributed by atoms with Crippen molar-refractivity contribution in [3.8, 4) is 17.1 Å². The molecule has 0 atom stereocenters. The van der Waals surface area contributed by atoms with Gasteiger partial charge in [-0.3, -0.25) is 4.79 Å². The number of benzene rings is 1. The largest absolute Gasteiger partial charge is 0.496 e. The molecule has 0 aliphatic carbocycles. The lowest BCUT2D eigenvalue weighted by atomic mass is 10.2. The van der Waals surface area contributed by atoms with Crippen molar-refractivity contribution >= 4 is 38.5 Å². The normalized spacial score (nSPS) is 10.3. The molecule has 2 aromatic rings. The third kappa shape index (κ3) is 2.68. The summed E-state index contributed by atoms with van der Waals surface area (Å²) < 4.78 is 6.52. The van der Waals surface area contributed by atoms with Crippen LogP contribution in [0.5, 0.6) is 5.75 Å². The van der Waals surface area contributed by atoms with Crippen molar-refractivity contribution in [1.82, 2.24) is 9.97 Å². The lowest BCUT2D eigenvalue weighted by Gasteiger charge is -2.05. The minimum absolute atomic E-state index is 0.137. The van der Waals surface area contributed by atoms with Crippen LogP contribution in [0.15, 0.2) is 33.7 Å². The molecule has 0 aliphatic heterocycles. The molecule has 1 aromatic carbocycles. The van der Waals surface area contributed by atoms with Crippen LogP contribution < -0.4 is 10.3 Å². The van der Waals surface area contributed by atoms with E-state index in [1.165, 1.54) is 0 Å². The molecular weight excluding hydrogens is 399 g/mol. The summed E-state index contributed by atoms with van der Waals surface area (Å²) in [6.45, 7) is 0. The van der Waals surface area contributed by atoms with Gasteiger partial charge in [-0.05, 0) is 56.7 Å². The van der Waals surface area contributed by atoms with Gasteiger partial charge in [-0.15, -0.1) is 0 Å². The first kappa shape index (κ1) is 12.6. The quantitative estimate of drug-likeness (QED) is 0.780. The first-order valence-corrected chi connectivity index (χ1v) is 6.57. The Balaban J connectivity index is 2.50. The second-order valence-corrected chi connectivity index (χ2v) is 5.27. The summed E-state index contributed by atoms with van der Waals surface area (Å²) in [7, 11) is 1.60. The molecule has 0 aliphatic rings. The number of hydrogen-bond acceptors (Lipinski definition) is 3. The van der Waals surface area contributed by atoms with Gasteiger partial charge in [0.2, 0.25) is 0 Å². The smallest absolute Gasteiger partial charge is 0.264 e. The van der Waals surface area contributed by atoms with Crippen LogP contribution >= 0.6 is 38.5 Å². The number of H-pyrrole nitrogens is 1. The minimum Gasteiger partial charge on any atom is -0.496 e. The van der Waals surface area contributed by atoms with Gasteiger partial charge < -0.3 is 9.72 Å². The van der Waals surface area contributed by atoms with Crippen LogP contribution in [0.3, 0.4) is 0 Å². The van der Waals surface area contributed by atoms with E-state index in [1.54, 1.807) is 13.3 Å². The number of ether oxygens (including phenoxy) is 1. The SMILES string of the molecule is COc1ccc(-c2ncc(I)c(=O)[nH]2)cc1Br. The summed E-state index contributed by atoms with van der Waals surface area (Å²) in [5.74, 6) is 1.28. The summed E-state index contributed by atoms with van der Waals surface area (Å²) in [5.41, 5.74) is 0.689. The molecule has 0 spiro atoms. The molecule has 0 bridgehead atoms. The predicted molar refractivity (Wildman–Crippen MR) is 77.3 cm³/mol. The van der Waals surface area contributed by atoms with Crippen LogP contribution in [-0.2, 0) is 0 Å². The predicted octanol–water partition coefficient (Wildman–Crippen LogP) is 2.81. The van der Waals surface area contributed by atoms with E-state index in [2.05, 4.69) is 25.9 Å². The molecule has 0 unspecified atom stereocenters. The summed E-state index contributed by atoms with van der Waals surface area (Å²) in [5, 5.41) is 0. The van der Waals surface area contributed by atoms with E-state index >= 15 is 0 Å². The molecule has 4 nitrogen and oxygen atoms in total. The van der Waals surface area contributed by atoms with Crippen molar-refractivity contribution in [3.05, 3.63) is 42.8 Å². The standard InChI is InChI=1S/C11H8BrIN2O2/c1-17-9-3-2-6(4-7(9)12)10-14-5-8(13)11(16)15-10/h2-5H,1H3,(H,14,15,16). The van der Waals surface area contributed by atoms with Gasteiger partial charge in [0, 0.05) is 11.8 Å². The van der Waals surface area contributed by atoms with Crippen LogP contribution in [0.1, 0.15) is 0 Å². The molecule has 17 heavy (non-hydrogen) atoms. The van der Waals surface area contributed by atoms with Crippen molar-refractivity contribution in [1.29, 1.82) is 0 Å². The zero-order valence-corrected chi connectivity index (χ0v) is 12.6. The van der Waals surface area contributed by atoms with Gasteiger partial charge in [0.05, 0.1) is 15.2 Å². The third-order valence-corrected chi connectivity index (χ3v) is 3.57. The van der Waals surface area contributed by atoms with Gasteiger partial charge in [0.1, 0.15) is 11.6 Å². The maximum absolute atomic E-state index is 11.5. The molecule has 0 saturated heterocycles. The Labute approximate surface area is 120 Å². The van der Waals surface area contributed by atoms with E-state index in [0.717, 1.165) is 15.8 Å². The number of nitrogens with one attached hydrogen (secondary N) is 1. The Morgan fingerprint density at radius 2 is 2.24 bits per heavy atom. The Morgan fingerprint density at radius 1 is 1.47 bits per heavy atom. The first-order chi connectivity index (χ1) is 8.11. The summed E-state index contributed by atoms with van der Waals surface area (Å²) in [6, 6.07) is 5.51. The minimum atomic E-state index is -0.137. The van der Waals surface area contributed by atoms with Crippen molar-refractivity contribution < 1.29 is 4.74 Å². The third-order valence-electron chi connectivity index (χ3n) is 2.18. The zero-order chi connectivity index (χ0) is 12.4. The molecule has 2 rings (SSSR count). The number of rotatable bonds is 2. The van der Waals surface area contributed by atoms with Gasteiger partial charge >= 0.3 is 0 Å². The van der Waals surface area contributed by atoms with E-state index in [4.69, 9.17) is 4.74 Å². The van der Waals surface area contributed by atoms with E-state index in [1.807, 2.05) is 40.8 Å². The van der Waals surface area contributed by atoms with Crippen LogP contribution in [0, 0.1) is 3.57 Å². The Kier molecular flexibility index (Phi) is 3.82. The van der Waals surface area contributed by atoms with Crippen LogP contribution in [0.25, 0.3) is 11.4 Å². The van der Waals surface area contributed by atoms with Gasteiger partial charge in [-0.2, -0.15) is 0 Å². The molecule has 1 N–H and O–H groups in total. The summed E-state index contributed by atoms with van der Waals surface area (Å²) in [4.78, 5) is 18.4. The summed E-state index contributed by atoms with van der Waals surface area (Å²) in [6.07, 6.45) is 1.55. The number of methoxy groups -OCH3 is 1. The topological polar surface area (TPSA) is 55.0 Å². The monoisotopic (exact) mass is 406 g/mol. The van der Waals surface area contributed by atoms with Crippen molar-refractivity contribution in [3.63, 3.8) is 0 Å². The number of aromatic amines is 1. The molecule has 88 valence electrons. The van der Waals surface area contributed by atoms with E-state index in [0.29, 0.717) is 9.39 Å². The maximum Gasteiger partial charge on any atom is 0.264 e. The van der Waals surface area contributed by atoms with E-state index < -0.39 is 0 Å². The summed E-state index contributed by atoms with van der Waals surface area (Å²) >= 11 is 5.33. The molecule has 0 radical (unpaired) electrons. The number of hydrogen-bond donors (Lipinski definition) is 1. The Hall–Kier alpha value is -0.890. The molecule has 0 fully saturated rings.